The Morgan fingerprint density at radius 1 is 1.50 bits per heavy atom. The first kappa shape index (κ1) is 9.80. The van der Waals surface area contributed by atoms with E-state index in [-0.39, 0.29) is 6.61 Å². The number of nitrogens with zero attached hydrogens (tertiary/aromatic N) is 1. The van der Waals surface area contributed by atoms with Crippen molar-refractivity contribution < 1.29 is 5.11 Å². The molecule has 0 rings (SSSR count). The third-order valence-corrected chi connectivity index (χ3v) is 1.02. The molecule has 0 aromatic rings. The number of hydrogen-bond acceptors (Lipinski definition) is 5. The van der Waals surface area contributed by atoms with E-state index in [0.29, 0.717) is 26.1 Å². The molecule has 5 nitrogen and oxygen atoms in total. The van der Waals surface area contributed by atoms with E-state index in [0.717, 1.165) is 0 Å². The fraction of sp³-hybridized carbons (Fsp3) is 1.00. The van der Waals surface area contributed by atoms with Crippen molar-refractivity contribution in [1.29, 1.82) is 0 Å². The molecule has 0 amide bonds. The number of rotatable bonds is 6. The van der Waals surface area contributed by atoms with Crippen LogP contribution in [0.15, 0.2) is 0 Å². The second-order valence-electron chi connectivity index (χ2n) is 1.97. The molecule has 0 saturated carbocycles. The molecule has 0 heterocycles. The Bertz CT molecular complexity index is 70.7. The van der Waals surface area contributed by atoms with Gasteiger partial charge < -0.3 is 10.8 Å². The molecule has 0 fully saturated rings. The number of nitrogens with one attached hydrogen (secondary N) is 1. The van der Waals surface area contributed by atoms with Crippen molar-refractivity contribution in [2.45, 2.75) is 6.42 Å². The molecule has 0 aromatic carbocycles. The lowest BCUT2D eigenvalue weighted by Gasteiger charge is -2.15. The average Bonchev–Trinajstić information content (AvgIpc) is 1.89. The van der Waals surface area contributed by atoms with Crippen LogP contribution in [-0.2, 0) is 0 Å². The van der Waals surface area contributed by atoms with E-state index in [1.165, 1.54) is 5.12 Å². The number of aliphatic hydroxyl groups excluding tert-OH is 1. The van der Waals surface area contributed by atoms with Gasteiger partial charge in [0, 0.05) is 26.2 Å². The van der Waals surface area contributed by atoms with Crippen LogP contribution in [0.4, 0.5) is 0 Å². The molecule has 0 aliphatic heterocycles. The lowest BCUT2D eigenvalue weighted by Crippen LogP contribution is -2.46. The SMILES string of the molecule is NCCN(N)NCCCO. The zero-order valence-corrected chi connectivity index (χ0v) is 6.08. The second kappa shape index (κ2) is 6.91. The summed E-state index contributed by atoms with van der Waals surface area (Å²) in [7, 11) is 0. The summed E-state index contributed by atoms with van der Waals surface area (Å²) in [6, 6.07) is 0. The molecule has 0 bridgehead atoms. The fourth-order valence-corrected chi connectivity index (χ4v) is 0.520. The lowest BCUT2D eigenvalue weighted by atomic mass is 10.5. The van der Waals surface area contributed by atoms with Gasteiger partial charge in [-0.05, 0) is 6.42 Å². The van der Waals surface area contributed by atoms with E-state index in [1.54, 1.807) is 0 Å². The van der Waals surface area contributed by atoms with Gasteiger partial charge in [-0.1, -0.05) is 0 Å². The van der Waals surface area contributed by atoms with Crippen LogP contribution < -0.4 is 17.0 Å². The van der Waals surface area contributed by atoms with Gasteiger partial charge in [-0.15, -0.1) is 0 Å². The van der Waals surface area contributed by atoms with Gasteiger partial charge in [0.15, 0.2) is 0 Å². The minimum Gasteiger partial charge on any atom is -0.396 e. The predicted octanol–water partition coefficient (Wildman–Crippen LogP) is -1.99. The first-order valence-corrected chi connectivity index (χ1v) is 3.38. The number of nitrogens with two attached hydrogens (primary N) is 2. The Morgan fingerprint density at radius 2 is 2.20 bits per heavy atom. The Balaban J connectivity index is 2.97. The molecule has 62 valence electrons. The summed E-state index contributed by atoms with van der Waals surface area (Å²) >= 11 is 0. The van der Waals surface area contributed by atoms with Gasteiger partial charge in [0.25, 0.3) is 0 Å². The van der Waals surface area contributed by atoms with Gasteiger partial charge in [-0.3, -0.25) is 5.84 Å². The fourth-order valence-electron chi connectivity index (χ4n) is 0.520. The van der Waals surface area contributed by atoms with Gasteiger partial charge in [0.05, 0.1) is 0 Å². The highest BCUT2D eigenvalue weighted by Gasteiger charge is 1.92. The third-order valence-electron chi connectivity index (χ3n) is 1.02. The Labute approximate surface area is 60.9 Å². The first-order valence-electron chi connectivity index (χ1n) is 3.38. The maximum atomic E-state index is 8.39. The quantitative estimate of drug-likeness (QED) is 0.199. The highest BCUT2D eigenvalue weighted by atomic mass is 16.3. The van der Waals surface area contributed by atoms with Crippen molar-refractivity contribution >= 4 is 0 Å². The van der Waals surface area contributed by atoms with Crippen LogP contribution in [0.2, 0.25) is 0 Å². The van der Waals surface area contributed by atoms with Gasteiger partial charge in [0.2, 0.25) is 0 Å². The van der Waals surface area contributed by atoms with Crippen molar-refractivity contribution in [2.75, 3.05) is 26.2 Å². The maximum absolute atomic E-state index is 8.39. The van der Waals surface area contributed by atoms with Crippen molar-refractivity contribution in [3.8, 4) is 0 Å². The van der Waals surface area contributed by atoms with E-state index in [4.69, 9.17) is 16.7 Å². The van der Waals surface area contributed by atoms with Crippen molar-refractivity contribution in [3.05, 3.63) is 0 Å². The van der Waals surface area contributed by atoms with E-state index >= 15 is 0 Å². The summed E-state index contributed by atoms with van der Waals surface area (Å²) in [5.41, 5.74) is 8.08. The first-order chi connectivity index (χ1) is 4.81. The standard InChI is InChI=1S/C5H16N4O/c6-2-4-9(7)8-3-1-5-10/h8,10H,1-7H2. The largest absolute Gasteiger partial charge is 0.396 e. The highest BCUT2D eigenvalue weighted by molar-refractivity contribution is 4.43. The van der Waals surface area contributed by atoms with Crippen LogP contribution in [0.1, 0.15) is 6.42 Å². The molecule has 0 aliphatic rings. The smallest absolute Gasteiger partial charge is 0.0443 e. The van der Waals surface area contributed by atoms with Crippen LogP contribution in [0.25, 0.3) is 0 Å². The number of hydrazine groups is 2. The molecule has 0 unspecified atom stereocenters. The zero-order valence-electron chi connectivity index (χ0n) is 6.08. The molecular formula is C5H16N4O. The highest BCUT2D eigenvalue weighted by Crippen LogP contribution is 1.72. The van der Waals surface area contributed by atoms with E-state index in [9.17, 15) is 0 Å². The summed E-state index contributed by atoms with van der Waals surface area (Å²) in [5, 5.41) is 9.81. The van der Waals surface area contributed by atoms with Gasteiger partial charge in [0.1, 0.15) is 0 Å². The Hall–Kier alpha value is -0.200. The summed E-state index contributed by atoms with van der Waals surface area (Å²) in [6.45, 7) is 2.02. The normalized spacial score (nSPS) is 10.8. The molecule has 10 heavy (non-hydrogen) atoms. The van der Waals surface area contributed by atoms with E-state index in [1.807, 2.05) is 0 Å². The molecular weight excluding hydrogens is 132 g/mol. The molecule has 6 N–H and O–H groups in total. The van der Waals surface area contributed by atoms with Crippen LogP contribution in [0, 0.1) is 0 Å². The van der Waals surface area contributed by atoms with Gasteiger partial charge in [-0.25, -0.2) is 5.43 Å². The number of hydrogen-bond donors (Lipinski definition) is 4. The topological polar surface area (TPSA) is 87.5 Å². The molecule has 0 spiro atoms. The Morgan fingerprint density at radius 3 is 2.70 bits per heavy atom. The van der Waals surface area contributed by atoms with Crippen LogP contribution in [0.5, 0.6) is 0 Å². The van der Waals surface area contributed by atoms with Crippen LogP contribution >= 0.6 is 0 Å². The minimum absolute atomic E-state index is 0.184. The summed E-state index contributed by atoms with van der Waals surface area (Å²) < 4.78 is 0. The van der Waals surface area contributed by atoms with Crippen LogP contribution in [-0.4, -0.2) is 36.5 Å². The minimum atomic E-state index is 0.184. The molecule has 0 atom stereocenters. The zero-order chi connectivity index (χ0) is 7.82. The van der Waals surface area contributed by atoms with Crippen molar-refractivity contribution in [2.24, 2.45) is 11.6 Å². The lowest BCUT2D eigenvalue weighted by molar-refractivity contribution is 0.185. The Kier molecular flexibility index (Phi) is 6.78. The van der Waals surface area contributed by atoms with Gasteiger partial charge >= 0.3 is 0 Å². The summed E-state index contributed by atoms with van der Waals surface area (Å²) in [5.74, 6) is 5.39. The average molecular weight is 148 g/mol. The monoisotopic (exact) mass is 148 g/mol. The van der Waals surface area contributed by atoms with Crippen LogP contribution in [0.3, 0.4) is 0 Å². The summed E-state index contributed by atoms with van der Waals surface area (Å²) in [6.07, 6.45) is 0.707. The molecule has 0 aromatic heterocycles. The molecule has 0 aliphatic carbocycles. The molecule has 0 saturated heterocycles. The van der Waals surface area contributed by atoms with E-state index in [2.05, 4.69) is 5.43 Å². The molecule has 0 radical (unpaired) electrons. The van der Waals surface area contributed by atoms with E-state index < -0.39 is 0 Å². The van der Waals surface area contributed by atoms with Gasteiger partial charge in [-0.2, -0.15) is 5.12 Å². The second-order valence-corrected chi connectivity index (χ2v) is 1.97. The third kappa shape index (κ3) is 5.93. The number of aliphatic hydroxyl groups is 1. The predicted molar refractivity (Wildman–Crippen MR) is 39.7 cm³/mol. The van der Waals surface area contributed by atoms with Crippen molar-refractivity contribution in [3.63, 3.8) is 0 Å². The summed E-state index contributed by atoms with van der Waals surface area (Å²) in [4.78, 5) is 0. The molecule has 5 heteroatoms. The maximum Gasteiger partial charge on any atom is 0.0443 e. The van der Waals surface area contributed by atoms with Crippen molar-refractivity contribution in [1.82, 2.24) is 10.5 Å².